The number of benzene rings is 1. The number of hydrogen-bond acceptors (Lipinski definition) is 5. The smallest absolute Gasteiger partial charge is 0.233 e. The first-order chi connectivity index (χ1) is 11.2. The molecule has 0 N–H and O–H groups in total. The molecule has 1 aromatic heterocycles. The average molecular weight is 329 g/mol. The van der Waals surface area contributed by atoms with Crippen molar-refractivity contribution in [3.05, 3.63) is 42.0 Å². The Morgan fingerprint density at radius 3 is 2.52 bits per heavy atom. The van der Waals surface area contributed by atoms with E-state index in [1.807, 2.05) is 29.2 Å². The van der Waals surface area contributed by atoms with Crippen LogP contribution in [0.1, 0.15) is 5.56 Å². The van der Waals surface area contributed by atoms with Crippen LogP contribution < -0.4 is 0 Å². The van der Waals surface area contributed by atoms with Gasteiger partial charge >= 0.3 is 0 Å². The van der Waals surface area contributed by atoms with E-state index in [9.17, 15) is 4.79 Å². The van der Waals surface area contributed by atoms with Crippen molar-refractivity contribution >= 4 is 17.7 Å². The van der Waals surface area contributed by atoms with E-state index in [1.165, 1.54) is 17.3 Å². The number of hydrogen-bond donors (Lipinski definition) is 0. The molecule has 1 aliphatic rings. The molecule has 0 saturated carbocycles. The number of carbonyl (C=O) groups is 1. The van der Waals surface area contributed by atoms with Crippen LogP contribution in [0.5, 0.6) is 0 Å². The van der Waals surface area contributed by atoms with E-state index in [4.69, 9.17) is 4.74 Å². The zero-order chi connectivity index (χ0) is 16.1. The number of nitrogens with zero attached hydrogens (tertiary/aromatic N) is 3. The van der Waals surface area contributed by atoms with E-state index in [0.29, 0.717) is 32.1 Å². The van der Waals surface area contributed by atoms with Crippen molar-refractivity contribution in [1.82, 2.24) is 15.1 Å². The summed E-state index contributed by atoms with van der Waals surface area (Å²) >= 11 is 1.42. The molecule has 6 heteroatoms. The highest BCUT2D eigenvalue weighted by Crippen LogP contribution is 2.20. The van der Waals surface area contributed by atoms with Crippen molar-refractivity contribution in [2.45, 2.75) is 11.9 Å². The predicted octanol–water partition coefficient (Wildman–Crippen LogP) is 2.40. The minimum absolute atomic E-state index is 0.128. The van der Waals surface area contributed by atoms with Crippen LogP contribution in [0.15, 0.2) is 41.4 Å². The molecule has 1 aliphatic heterocycles. The molecule has 2 aromatic rings. The third kappa shape index (κ3) is 4.30. The van der Waals surface area contributed by atoms with E-state index in [-0.39, 0.29) is 5.91 Å². The van der Waals surface area contributed by atoms with Gasteiger partial charge in [0.15, 0.2) is 0 Å². The standard InChI is InChI=1S/C17H19N3O2S/c1-13-2-4-14(5-3-13)15-6-7-16(19-18-15)23-12-17(21)20-8-10-22-11-9-20/h2-7H,8-12H2,1H3. The molecule has 0 radical (unpaired) electrons. The van der Waals surface area contributed by atoms with Gasteiger partial charge in [-0.3, -0.25) is 4.79 Å². The van der Waals surface area contributed by atoms with Crippen molar-refractivity contribution in [2.75, 3.05) is 32.1 Å². The van der Waals surface area contributed by atoms with Crippen LogP contribution in [0.2, 0.25) is 0 Å². The number of amides is 1. The maximum atomic E-state index is 12.1. The maximum absolute atomic E-state index is 12.1. The third-order valence-electron chi connectivity index (χ3n) is 3.69. The van der Waals surface area contributed by atoms with Crippen LogP contribution in [-0.2, 0) is 9.53 Å². The number of aryl methyl sites for hydroxylation is 1. The Bertz CT molecular complexity index is 653. The summed E-state index contributed by atoms with van der Waals surface area (Å²) < 4.78 is 5.25. The summed E-state index contributed by atoms with van der Waals surface area (Å²) in [4.78, 5) is 13.9. The van der Waals surface area contributed by atoms with E-state index in [0.717, 1.165) is 16.3 Å². The van der Waals surface area contributed by atoms with Crippen LogP contribution in [0.4, 0.5) is 0 Å². The molecule has 1 amide bonds. The van der Waals surface area contributed by atoms with Gasteiger partial charge in [-0.05, 0) is 19.1 Å². The number of carbonyl (C=O) groups excluding carboxylic acids is 1. The lowest BCUT2D eigenvalue weighted by atomic mass is 10.1. The van der Waals surface area contributed by atoms with Crippen molar-refractivity contribution in [3.8, 4) is 11.3 Å². The predicted molar refractivity (Wildman–Crippen MR) is 90.3 cm³/mol. The fourth-order valence-corrected chi connectivity index (χ4v) is 3.03. The highest BCUT2D eigenvalue weighted by atomic mass is 32.2. The molecule has 1 saturated heterocycles. The Morgan fingerprint density at radius 1 is 1.13 bits per heavy atom. The second-order valence-electron chi connectivity index (χ2n) is 5.40. The summed E-state index contributed by atoms with van der Waals surface area (Å²) in [5.41, 5.74) is 3.11. The highest BCUT2D eigenvalue weighted by molar-refractivity contribution is 7.99. The monoisotopic (exact) mass is 329 g/mol. The zero-order valence-corrected chi connectivity index (χ0v) is 13.9. The lowest BCUT2D eigenvalue weighted by Crippen LogP contribution is -2.41. The molecule has 1 aromatic carbocycles. The Balaban J connectivity index is 1.57. The largest absolute Gasteiger partial charge is 0.378 e. The van der Waals surface area contributed by atoms with Gasteiger partial charge in [-0.1, -0.05) is 41.6 Å². The molecule has 5 nitrogen and oxygen atoms in total. The number of rotatable bonds is 4. The number of thioether (sulfide) groups is 1. The van der Waals surface area contributed by atoms with Crippen molar-refractivity contribution in [1.29, 1.82) is 0 Å². The second kappa shape index (κ2) is 7.57. The van der Waals surface area contributed by atoms with Crippen molar-refractivity contribution in [2.24, 2.45) is 0 Å². The zero-order valence-electron chi connectivity index (χ0n) is 13.1. The van der Waals surface area contributed by atoms with Gasteiger partial charge in [-0.2, -0.15) is 0 Å². The van der Waals surface area contributed by atoms with Gasteiger partial charge in [0.1, 0.15) is 5.03 Å². The summed E-state index contributed by atoms with van der Waals surface area (Å²) in [5.74, 6) is 0.515. The fraction of sp³-hybridized carbons (Fsp3) is 0.353. The van der Waals surface area contributed by atoms with Gasteiger partial charge in [0.25, 0.3) is 0 Å². The molecule has 0 atom stereocenters. The van der Waals surface area contributed by atoms with Gasteiger partial charge < -0.3 is 9.64 Å². The minimum atomic E-state index is 0.128. The van der Waals surface area contributed by atoms with Crippen LogP contribution in [0, 0.1) is 6.92 Å². The SMILES string of the molecule is Cc1ccc(-c2ccc(SCC(=O)N3CCOCC3)nn2)cc1. The van der Waals surface area contributed by atoms with E-state index in [1.54, 1.807) is 0 Å². The Labute approximate surface area is 140 Å². The lowest BCUT2D eigenvalue weighted by Gasteiger charge is -2.26. The maximum Gasteiger partial charge on any atom is 0.233 e. The second-order valence-corrected chi connectivity index (χ2v) is 6.40. The van der Waals surface area contributed by atoms with Gasteiger partial charge in [-0.25, -0.2) is 0 Å². The van der Waals surface area contributed by atoms with Crippen LogP contribution in [-0.4, -0.2) is 53.1 Å². The Kier molecular flexibility index (Phi) is 5.25. The molecule has 0 bridgehead atoms. The van der Waals surface area contributed by atoms with Gasteiger partial charge in [0.05, 0.1) is 24.7 Å². The topological polar surface area (TPSA) is 55.3 Å². The van der Waals surface area contributed by atoms with Crippen molar-refractivity contribution in [3.63, 3.8) is 0 Å². The Morgan fingerprint density at radius 2 is 1.87 bits per heavy atom. The molecule has 120 valence electrons. The van der Waals surface area contributed by atoms with Crippen LogP contribution >= 0.6 is 11.8 Å². The first-order valence-electron chi connectivity index (χ1n) is 7.61. The minimum Gasteiger partial charge on any atom is -0.378 e. The molecule has 0 spiro atoms. The Hall–Kier alpha value is -1.92. The molecular weight excluding hydrogens is 310 g/mol. The quantitative estimate of drug-likeness (QED) is 0.806. The van der Waals surface area contributed by atoms with E-state index < -0.39 is 0 Å². The van der Waals surface area contributed by atoms with Gasteiger partial charge in [0.2, 0.25) is 5.91 Å². The first-order valence-corrected chi connectivity index (χ1v) is 8.60. The fourth-order valence-electron chi connectivity index (χ4n) is 2.32. The molecule has 3 rings (SSSR count). The normalized spacial score (nSPS) is 14.7. The summed E-state index contributed by atoms with van der Waals surface area (Å²) in [6.45, 7) is 4.67. The molecule has 0 aliphatic carbocycles. The van der Waals surface area contributed by atoms with Crippen molar-refractivity contribution < 1.29 is 9.53 Å². The number of morpholine rings is 1. The summed E-state index contributed by atoms with van der Waals surface area (Å²) in [6, 6.07) is 12.0. The first kappa shape index (κ1) is 16.0. The average Bonchev–Trinajstić information content (AvgIpc) is 2.61. The van der Waals surface area contributed by atoms with Crippen LogP contribution in [0.3, 0.4) is 0 Å². The summed E-state index contributed by atoms with van der Waals surface area (Å²) in [7, 11) is 0. The molecule has 2 heterocycles. The molecular formula is C17H19N3O2S. The highest BCUT2D eigenvalue weighted by Gasteiger charge is 2.17. The van der Waals surface area contributed by atoms with Crippen LogP contribution in [0.25, 0.3) is 11.3 Å². The van der Waals surface area contributed by atoms with E-state index in [2.05, 4.69) is 29.3 Å². The molecule has 1 fully saturated rings. The number of ether oxygens (including phenoxy) is 1. The lowest BCUT2D eigenvalue weighted by molar-refractivity contribution is -0.132. The number of aromatic nitrogens is 2. The summed E-state index contributed by atoms with van der Waals surface area (Å²) in [6.07, 6.45) is 0. The van der Waals surface area contributed by atoms with Gasteiger partial charge in [-0.15, -0.1) is 10.2 Å². The van der Waals surface area contributed by atoms with E-state index >= 15 is 0 Å². The third-order valence-corrected chi connectivity index (χ3v) is 4.60. The van der Waals surface area contributed by atoms with Gasteiger partial charge in [0, 0.05) is 18.7 Å². The molecule has 0 unspecified atom stereocenters. The molecule has 23 heavy (non-hydrogen) atoms. The summed E-state index contributed by atoms with van der Waals surface area (Å²) in [5, 5.41) is 9.23.